The molecule has 232 valence electrons. The van der Waals surface area contributed by atoms with Crippen molar-refractivity contribution in [3.05, 3.63) is 0 Å². The van der Waals surface area contributed by atoms with Crippen molar-refractivity contribution in [1.82, 2.24) is 0 Å². The van der Waals surface area contributed by atoms with Gasteiger partial charge < -0.3 is 40.9 Å². The van der Waals surface area contributed by atoms with Gasteiger partial charge in [0.05, 0.1) is 0 Å². The molecule has 0 saturated heterocycles. The zero-order valence-electron chi connectivity index (χ0n) is 27.1. The minimum Gasteiger partial charge on any atom is -0.854 e. The van der Waals surface area contributed by atoms with Crippen LogP contribution in [0.25, 0.3) is 0 Å². The predicted octanol–water partition coefficient (Wildman–Crippen LogP) is -0.397. The van der Waals surface area contributed by atoms with Crippen LogP contribution in [-0.4, -0.2) is 50.8 Å². The smallest absolute Gasteiger partial charge is 0.854 e. The zero-order chi connectivity index (χ0) is 30.8. The van der Waals surface area contributed by atoms with Crippen molar-refractivity contribution in [2.45, 2.75) is 159 Å². The number of unbranched alkanes of at least 4 members (excludes halogenated alkanes) is 4. The van der Waals surface area contributed by atoms with Crippen LogP contribution in [0.15, 0.2) is 0 Å². The van der Waals surface area contributed by atoms with Crippen LogP contribution in [0.5, 0.6) is 0 Å². The molecule has 0 aliphatic rings. The third-order valence-electron chi connectivity index (χ3n) is 1.99. The summed E-state index contributed by atoms with van der Waals surface area (Å²) in [7, 11) is 0. The van der Waals surface area contributed by atoms with E-state index in [2.05, 4.69) is 0 Å². The molecule has 0 aliphatic heterocycles. The quantitative estimate of drug-likeness (QED) is 0.327. The first kappa shape index (κ1) is 67.0. The van der Waals surface area contributed by atoms with Crippen molar-refractivity contribution < 1.29 is 84.3 Å². The molecule has 0 spiro atoms. The Morgan fingerprint density at radius 2 is 0.421 bits per heavy atom. The molecule has 0 aromatic heterocycles. The first-order valence-corrected chi connectivity index (χ1v) is 13.5. The molecule has 0 aromatic carbocycles. The summed E-state index contributed by atoms with van der Waals surface area (Å²) < 4.78 is 0. The van der Waals surface area contributed by atoms with E-state index in [0.29, 0.717) is 0 Å². The van der Waals surface area contributed by atoms with Gasteiger partial charge in [0.1, 0.15) is 0 Å². The first-order chi connectivity index (χ1) is 16.6. The van der Waals surface area contributed by atoms with Gasteiger partial charge in [-0.25, -0.2) is 0 Å². The Morgan fingerprint density at radius 3 is 0.421 bits per heavy atom. The second-order valence-electron chi connectivity index (χ2n) is 8.43. The Hall–Kier alpha value is 1.11. The maximum Gasteiger partial charge on any atom is 4.00 e. The maximum absolute atomic E-state index is 9.53. The molecule has 0 atom stereocenters. The van der Waals surface area contributed by atoms with Gasteiger partial charge in [-0.1, -0.05) is 134 Å². The van der Waals surface area contributed by atoms with Crippen molar-refractivity contribution in [2.24, 2.45) is 0 Å². The Morgan fingerprint density at radius 1 is 0.342 bits per heavy atom. The third kappa shape index (κ3) is 583. The van der Waals surface area contributed by atoms with Gasteiger partial charge in [0, 0.05) is 0 Å². The Balaban J connectivity index is -0.0000000293. The second-order valence-corrected chi connectivity index (χ2v) is 8.43. The summed E-state index contributed by atoms with van der Waals surface area (Å²) >= 11 is 0. The topological polar surface area (TPSA) is 184 Å². The molecule has 10 heteroatoms. The first-order valence-electron chi connectivity index (χ1n) is 13.5. The molecule has 8 nitrogen and oxygen atoms in total. The summed E-state index contributed by atoms with van der Waals surface area (Å²) in [5.74, 6) is 0. The summed E-state index contributed by atoms with van der Waals surface area (Å²) in [5, 5.41) is 76.2. The number of hydrogen-bond donors (Lipinski definition) is 0. The minimum absolute atomic E-state index is 0. The van der Waals surface area contributed by atoms with Crippen LogP contribution >= 0.6 is 0 Å². The van der Waals surface area contributed by atoms with Crippen LogP contribution in [0.2, 0.25) is 0 Å². The van der Waals surface area contributed by atoms with Gasteiger partial charge in [-0.3, -0.25) is 0 Å². The molecule has 38 heavy (non-hydrogen) atoms. The van der Waals surface area contributed by atoms with Crippen molar-refractivity contribution in [2.75, 3.05) is 26.4 Å². The minimum atomic E-state index is -0.417. The molecule has 0 aromatic rings. The normalized spacial score (nSPS) is 8.21. The van der Waals surface area contributed by atoms with Crippen LogP contribution in [0.4, 0.5) is 0 Å². The van der Waals surface area contributed by atoms with Crippen LogP contribution in [0.3, 0.4) is 0 Å². The van der Waals surface area contributed by atoms with Gasteiger partial charge >= 0.3 is 43.4 Å². The van der Waals surface area contributed by atoms with Crippen LogP contribution in [-0.2, 0) is 43.4 Å². The Bertz CT molecular complexity index is 184. The van der Waals surface area contributed by atoms with Gasteiger partial charge in [-0.15, -0.1) is 50.8 Å². The molecule has 0 radical (unpaired) electrons. The summed E-state index contributed by atoms with van der Waals surface area (Å²) in [5.41, 5.74) is 0. The Kier molecular flexibility index (Phi) is 147. The summed E-state index contributed by atoms with van der Waals surface area (Å²) in [6, 6.07) is 0. The molecule has 0 unspecified atom stereocenters. The molecule has 0 heterocycles. The van der Waals surface area contributed by atoms with Crippen molar-refractivity contribution in [3.8, 4) is 0 Å². The molecular formula is C28H64O8Ti2. The van der Waals surface area contributed by atoms with Crippen molar-refractivity contribution >= 4 is 0 Å². The average molecular weight is 625 g/mol. The summed E-state index contributed by atoms with van der Waals surface area (Å²) in [6.45, 7) is 21.3. The van der Waals surface area contributed by atoms with Crippen LogP contribution in [0.1, 0.15) is 134 Å². The molecule has 0 fully saturated rings. The largest absolute Gasteiger partial charge is 4.00 e. The molecule has 0 rings (SSSR count). The summed E-state index contributed by atoms with van der Waals surface area (Å²) in [6.07, 6.45) is 5.79. The van der Waals surface area contributed by atoms with E-state index in [1.165, 1.54) is 0 Å². The molecule has 0 amide bonds. The van der Waals surface area contributed by atoms with E-state index < -0.39 is 24.4 Å². The predicted molar refractivity (Wildman–Crippen MR) is 140 cm³/mol. The van der Waals surface area contributed by atoms with Gasteiger partial charge in [-0.05, 0) is 0 Å². The van der Waals surface area contributed by atoms with E-state index in [0.717, 1.165) is 51.4 Å². The van der Waals surface area contributed by atoms with E-state index >= 15 is 0 Å². The van der Waals surface area contributed by atoms with Crippen LogP contribution in [0, 0.1) is 0 Å². The van der Waals surface area contributed by atoms with E-state index in [1.54, 1.807) is 55.4 Å². The van der Waals surface area contributed by atoms with Crippen molar-refractivity contribution in [1.29, 1.82) is 0 Å². The number of hydrogen-bond acceptors (Lipinski definition) is 8. The third-order valence-corrected chi connectivity index (χ3v) is 1.99. The molecule has 0 bridgehead atoms. The van der Waals surface area contributed by atoms with Gasteiger partial charge in [0.25, 0.3) is 0 Å². The molecule has 0 N–H and O–H groups in total. The number of rotatable bonds is 8. The van der Waals surface area contributed by atoms with Gasteiger partial charge in [0.2, 0.25) is 0 Å². The van der Waals surface area contributed by atoms with Crippen LogP contribution < -0.4 is 40.9 Å². The molecule has 0 aliphatic carbocycles. The van der Waals surface area contributed by atoms with E-state index in [-0.39, 0.29) is 69.9 Å². The second kappa shape index (κ2) is 83.2. The maximum atomic E-state index is 9.53. The fourth-order valence-corrected chi connectivity index (χ4v) is 0.577. The van der Waals surface area contributed by atoms with E-state index in [1.807, 2.05) is 27.7 Å². The van der Waals surface area contributed by atoms with Gasteiger partial charge in [-0.2, -0.15) is 0 Å². The average Bonchev–Trinajstić information content (AvgIpc) is 2.70. The fraction of sp³-hybridized carbons (Fsp3) is 1.00. The van der Waals surface area contributed by atoms with E-state index in [4.69, 9.17) is 0 Å². The standard InChI is InChI=1S/4C4H9O.4C3H7O.2Ti/c4*1-2-3-4-5;4*1-3(2)4;;/h4*2-4H2,1H3;4*3H,1-2H3;;/q8*-1;2*+4. The molecular weight excluding hydrogens is 560 g/mol. The van der Waals surface area contributed by atoms with Gasteiger partial charge in [0.15, 0.2) is 0 Å². The van der Waals surface area contributed by atoms with Crippen molar-refractivity contribution in [3.63, 3.8) is 0 Å². The monoisotopic (exact) mass is 624 g/mol. The fourth-order valence-electron chi connectivity index (χ4n) is 0.577. The zero-order valence-corrected chi connectivity index (χ0v) is 30.2. The molecule has 0 saturated carbocycles. The van der Waals surface area contributed by atoms with E-state index in [9.17, 15) is 40.9 Å². The SMILES string of the molecule is CC(C)[O-].CC(C)[O-].CC(C)[O-].CC(C)[O-].CCCC[O-].CCCC[O-].CCCC[O-].CCCC[O-].[Ti+4].[Ti+4]. The Labute approximate surface area is 268 Å². The summed E-state index contributed by atoms with van der Waals surface area (Å²) in [4.78, 5) is 0.